The lowest BCUT2D eigenvalue weighted by Crippen LogP contribution is -2.25. The molecule has 0 atom stereocenters. The molecular formula is C15H18ClNO5. The molecule has 7 heteroatoms. The molecule has 6 nitrogen and oxygen atoms in total. The van der Waals surface area contributed by atoms with Crippen LogP contribution in [0.2, 0.25) is 5.02 Å². The predicted octanol–water partition coefficient (Wildman–Crippen LogP) is 2.24. The van der Waals surface area contributed by atoms with Crippen molar-refractivity contribution in [3.05, 3.63) is 22.2 Å². The van der Waals surface area contributed by atoms with E-state index < -0.39 is 0 Å². The monoisotopic (exact) mass is 327 g/mol. The van der Waals surface area contributed by atoms with E-state index in [4.69, 9.17) is 21.1 Å². The minimum absolute atomic E-state index is 0.0574. The van der Waals surface area contributed by atoms with Crippen molar-refractivity contribution in [2.75, 3.05) is 13.7 Å². The van der Waals surface area contributed by atoms with Crippen LogP contribution in [0.3, 0.4) is 0 Å². The summed E-state index contributed by atoms with van der Waals surface area (Å²) in [4.78, 5) is 25.0. The number of ether oxygens (including phenoxy) is 2. The first kappa shape index (κ1) is 16.4. The van der Waals surface area contributed by atoms with Gasteiger partial charge >= 0.3 is 5.97 Å². The number of benzene rings is 1. The van der Waals surface area contributed by atoms with Crippen LogP contribution in [0.1, 0.15) is 30.9 Å². The van der Waals surface area contributed by atoms with Crippen LogP contribution in [-0.4, -0.2) is 35.6 Å². The van der Waals surface area contributed by atoms with Crippen molar-refractivity contribution in [1.82, 2.24) is 4.90 Å². The first-order chi connectivity index (χ1) is 10.5. The Morgan fingerprint density at radius 2 is 2.09 bits per heavy atom. The molecule has 0 spiro atoms. The lowest BCUT2D eigenvalue weighted by Gasteiger charge is -2.14. The van der Waals surface area contributed by atoms with E-state index in [0.717, 1.165) is 5.56 Å². The quantitative estimate of drug-likeness (QED) is 0.839. The van der Waals surface area contributed by atoms with Gasteiger partial charge in [0.2, 0.25) is 5.91 Å². The van der Waals surface area contributed by atoms with Gasteiger partial charge in [0, 0.05) is 19.5 Å². The lowest BCUT2D eigenvalue weighted by molar-refractivity contribution is -0.145. The van der Waals surface area contributed by atoms with E-state index in [1.165, 1.54) is 7.11 Å². The third-order valence-corrected chi connectivity index (χ3v) is 3.94. The van der Waals surface area contributed by atoms with Gasteiger partial charge in [-0.15, -0.1) is 0 Å². The van der Waals surface area contributed by atoms with Crippen LogP contribution < -0.4 is 4.74 Å². The number of rotatable bonds is 5. The Morgan fingerprint density at radius 1 is 1.36 bits per heavy atom. The molecule has 1 aliphatic heterocycles. The summed E-state index contributed by atoms with van der Waals surface area (Å²) in [6.45, 7) is 2.72. The van der Waals surface area contributed by atoms with Crippen molar-refractivity contribution in [2.24, 2.45) is 0 Å². The third-order valence-electron chi connectivity index (χ3n) is 3.53. The fourth-order valence-electron chi connectivity index (χ4n) is 2.40. The second-order valence-electron chi connectivity index (χ2n) is 4.93. The molecule has 0 bridgehead atoms. The maximum absolute atomic E-state index is 12.2. The number of aromatic hydroxyl groups is 1. The van der Waals surface area contributed by atoms with Crippen LogP contribution in [0, 0.1) is 0 Å². The molecular weight excluding hydrogens is 310 g/mol. The van der Waals surface area contributed by atoms with Crippen molar-refractivity contribution in [2.45, 2.75) is 32.9 Å². The van der Waals surface area contributed by atoms with Gasteiger partial charge in [0.15, 0.2) is 11.5 Å². The van der Waals surface area contributed by atoms with Crippen LogP contribution in [0.25, 0.3) is 0 Å². The highest BCUT2D eigenvalue weighted by Crippen LogP contribution is 2.42. The second-order valence-corrected chi connectivity index (χ2v) is 5.31. The number of fused-ring (bicyclic) bond motifs is 1. The van der Waals surface area contributed by atoms with Crippen LogP contribution in [0.15, 0.2) is 6.07 Å². The largest absolute Gasteiger partial charge is 0.503 e. The fourth-order valence-corrected chi connectivity index (χ4v) is 2.68. The smallest absolute Gasteiger partial charge is 0.306 e. The Morgan fingerprint density at radius 3 is 2.73 bits per heavy atom. The highest BCUT2D eigenvalue weighted by molar-refractivity contribution is 6.33. The van der Waals surface area contributed by atoms with E-state index in [9.17, 15) is 14.7 Å². The van der Waals surface area contributed by atoms with E-state index in [1.54, 1.807) is 17.9 Å². The summed E-state index contributed by atoms with van der Waals surface area (Å²) in [6.07, 6.45) is 0.148. The summed E-state index contributed by atoms with van der Waals surface area (Å²) in [5, 5.41) is 10.1. The number of amides is 1. The fraction of sp³-hybridized carbons (Fsp3) is 0.467. The normalized spacial score (nSPS) is 13.0. The average molecular weight is 328 g/mol. The summed E-state index contributed by atoms with van der Waals surface area (Å²) in [5.41, 5.74) is 1.55. The Bertz CT molecular complexity index is 602. The Kier molecular flexibility index (Phi) is 5.13. The SMILES string of the molecule is CCOC(=O)CCC(=O)N1Cc2cc(OC)c(O)c(Cl)c2C1. The van der Waals surface area contributed by atoms with Crippen molar-refractivity contribution in [3.63, 3.8) is 0 Å². The number of hydrogen-bond donors (Lipinski definition) is 1. The summed E-state index contributed by atoms with van der Waals surface area (Å²) < 4.78 is 9.86. The molecule has 1 heterocycles. The van der Waals surface area contributed by atoms with Gasteiger partial charge in [0.05, 0.1) is 25.2 Å². The zero-order chi connectivity index (χ0) is 16.3. The summed E-state index contributed by atoms with van der Waals surface area (Å²) in [5.74, 6) is -0.378. The molecule has 0 unspecified atom stereocenters. The number of phenolic OH excluding ortho intramolecular Hbond substituents is 1. The maximum atomic E-state index is 12.2. The lowest BCUT2D eigenvalue weighted by atomic mass is 10.1. The number of carbonyl (C=O) groups excluding carboxylic acids is 2. The molecule has 120 valence electrons. The molecule has 0 aromatic heterocycles. The van der Waals surface area contributed by atoms with Gasteiger partial charge in [-0.3, -0.25) is 9.59 Å². The van der Waals surface area contributed by atoms with E-state index >= 15 is 0 Å². The van der Waals surface area contributed by atoms with Crippen molar-refractivity contribution in [3.8, 4) is 11.5 Å². The average Bonchev–Trinajstić information content (AvgIpc) is 2.93. The Hall–Kier alpha value is -1.95. The zero-order valence-electron chi connectivity index (χ0n) is 12.5. The molecule has 1 aromatic rings. The number of esters is 1. The van der Waals surface area contributed by atoms with Gasteiger partial charge < -0.3 is 19.5 Å². The second kappa shape index (κ2) is 6.87. The van der Waals surface area contributed by atoms with Gasteiger partial charge in [0.25, 0.3) is 0 Å². The van der Waals surface area contributed by atoms with Gasteiger partial charge in [-0.2, -0.15) is 0 Å². The summed E-state index contributed by atoms with van der Waals surface area (Å²) in [6, 6.07) is 1.68. The first-order valence-electron chi connectivity index (χ1n) is 6.98. The van der Waals surface area contributed by atoms with Gasteiger partial charge in [-0.05, 0) is 24.1 Å². The number of phenols is 1. The number of nitrogens with zero attached hydrogens (tertiary/aromatic N) is 1. The number of halogens is 1. The molecule has 22 heavy (non-hydrogen) atoms. The number of hydrogen-bond acceptors (Lipinski definition) is 5. The molecule has 0 saturated carbocycles. The van der Waals surface area contributed by atoms with E-state index in [-0.39, 0.29) is 41.2 Å². The highest BCUT2D eigenvalue weighted by Gasteiger charge is 2.28. The summed E-state index contributed by atoms with van der Waals surface area (Å²) in [7, 11) is 1.44. The van der Waals surface area contributed by atoms with E-state index in [1.807, 2.05) is 0 Å². The summed E-state index contributed by atoms with van der Waals surface area (Å²) >= 11 is 6.12. The van der Waals surface area contributed by atoms with Crippen LogP contribution in [-0.2, 0) is 27.4 Å². The predicted molar refractivity (Wildman–Crippen MR) is 79.8 cm³/mol. The van der Waals surface area contributed by atoms with Crippen molar-refractivity contribution >= 4 is 23.5 Å². The van der Waals surface area contributed by atoms with Crippen molar-refractivity contribution in [1.29, 1.82) is 0 Å². The molecule has 0 saturated heterocycles. The van der Waals surface area contributed by atoms with Crippen molar-refractivity contribution < 1.29 is 24.2 Å². The molecule has 0 radical (unpaired) electrons. The molecule has 0 fully saturated rings. The zero-order valence-corrected chi connectivity index (χ0v) is 13.3. The maximum Gasteiger partial charge on any atom is 0.306 e. The third kappa shape index (κ3) is 3.27. The molecule has 1 aromatic carbocycles. The molecule has 1 aliphatic rings. The number of methoxy groups -OCH3 is 1. The minimum atomic E-state index is -0.384. The Labute approximate surface area is 133 Å². The standard InChI is InChI=1S/C15H18ClNO5/c1-3-22-13(19)5-4-12(18)17-7-9-6-11(21-2)15(20)14(16)10(9)8-17/h6,20H,3-5,7-8H2,1-2H3. The molecule has 1 amide bonds. The number of carbonyl (C=O) groups is 2. The van der Waals surface area contributed by atoms with Crippen LogP contribution in [0.5, 0.6) is 11.5 Å². The first-order valence-corrected chi connectivity index (χ1v) is 7.36. The van der Waals surface area contributed by atoms with E-state index in [2.05, 4.69) is 0 Å². The minimum Gasteiger partial charge on any atom is -0.503 e. The van der Waals surface area contributed by atoms with Gasteiger partial charge in [0.1, 0.15) is 0 Å². The van der Waals surface area contributed by atoms with Gasteiger partial charge in [-0.25, -0.2) is 0 Å². The highest BCUT2D eigenvalue weighted by atomic mass is 35.5. The van der Waals surface area contributed by atoms with Crippen LogP contribution >= 0.6 is 11.6 Å². The Balaban J connectivity index is 2.04. The van der Waals surface area contributed by atoms with Gasteiger partial charge in [-0.1, -0.05) is 11.6 Å². The van der Waals surface area contributed by atoms with Crippen LogP contribution in [0.4, 0.5) is 0 Å². The topological polar surface area (TPSA) is 76.1 Å². The molecule has 2 rings (SSSR count). The molecule has 0 aliphatic carbocycles. The molecule has 1 N–H and O–H groups in total. The van der Waals surface area contributed by atoms with E-state index in [0.29, 0.717) is 25.3 Å².